The van der Waals surface area contributed by atoms with Crippen LogP contribution in [0.4, 0.5) is 17.1 Å². The number of anilines is 3. The van der Waals surface area contributed by atoms with Crippen LogP contribution < -0.4 is 9.80 Å². The van der Waals surface area contributed by atoms with Crippen LogP contribution in [-0.2, 0) is 0 Å². The van der Waals surface area contributed by atoms with Gasteiger partial charge in [0.25, 0.3) is 0 Å². The van der Waals surface area contributed by atoms with Crippen molar-refractivity contribution in [2.45, 2.75) is 44.8 Å². The average molecular weight is 833 g/mol. The standard InChI is InChI=1S/C58H44N2S2/c1-3-11-39(12-4-1)41-19-23-43(24-20-41)45-27-31-47(32-28-45)59(48-33-29-46(30-34-48)44-25-21-42(22-26-44)40-13-5-2-6-14-40)49-35-37-50(38-36-49)60-55-51-15-7-9-17-53(51)61-57(55)58-56(60)52-16-8-10-18-54(52)62-58/h1-33,35-38,48,55-58H,34H2. The summed E-state index contributed by atoms with van der Waals surface area (Å²) < 4.78 is 0. The lowest BCUT2D eigenvalue weighted by molar-refractivity contribution is 0.675. The number of fused-ring (bicyclic) bond motifs is 7. The van der Waals surface area contributed by atoms with Crippen LogP contribution in [0.3, 0.4) is 0 Å². The van der Waals surface area contributed by atoms with Gasteiger partial charge in [-0.15, -0.1) is 23.5 Å². The smallest absolute Gasteiger partial charge is 0.0694 e. The minimum atomic E-state index is 0.154. The summed E-state index contributed by atoms with van der Waals surface area (Å²) in [5, 5.41) is 1.00. The maximum Gasteiger partial charge on any atom is 0.0694 e. The molecule has 4 aliphatic rings. The highest BCUT2D eigenvalue weighted by atomic mass is 32.2. The van der Waals surface area contributed by atoms with E-state index in [9.17, 15) is 0 Å². The van der Waals surface area contributed by atoms with Gasteiger partial charge in [-0.3, -0.25) is 0 Å². The molecule has 3 heterocycles. The van der Waals surface area contributed by atoms with Crippen LogP contribution in [0.2, 0.25) is 0 Å². The average Bonchev–Trinajstić information content (AvgIpc) is 4.01. The number of hydrogen-bond acceptors (Lipinski definition) is 4. The van der Waals surface area contributed by atoms with Gasteiger partial charge in [0.1, 0.15) is 0 Å². The SMILES string of the molecule is C1=CC(N(c2ccc(-c3ccc(-c4ccccc4)cc3)cc2)c2ccc(N3C4c5ccccc5SC4C4Sc5ccccc5C43)cc2)CC=C1c1ccc(-c2ccccc2)cc1. The van der Waals surface area contributed by atoms with Gasteiger partial charge in [0, 0.05) is 37.4 Å². The van der Waals surface area contributed by atoms with Gasteiger partial charge in [0.2, 0.25) is 0 Å². The first kappa shape index (κ1) is 37.3. The number of benzene rings is 8. The lowest BCUT2D eigenvalue weighted by Crippen LogP contribution is -2.30. The molecule has 0 spiro atoms. The number of allylic oxidation sites excluding steroid dienone is 2. The lowest BCUT2D eigenvalue weighted by atomic mass is 9.94. The van der Waals surface area contributed by atoms with Crippen molar-refractivity contribution in [1.82, 2.24) is 0 Å². The molecule has 0 radical (unpaired) electrons. The second-order valence-electron chi connectivity index (χ2n) is 16.7. The fourth-order valence-electron chi connectivity index (χ4n) is 10.2. The van der Waals surface area contributed by atoms with Gasteiger partial charge in [0.15, 0.2) is 0 Å². The highest BCUT2D eigenvalue weighted by Gasteiger charge is 2.57. The molecule has 0 saturated carbocycles. The molecule has 1 fully saturated rings. The fraction of sp³-hybridized carbons (Fsp3) is 0.103. The Balaban J connectivity index is 0.874. The molecule has 0 N–H and O–H groups in total. The van der Waals surface area contributed by atoms with Crippen LogP contribution in [0.25, 0.3) is 39.0 Å². The van der Waals surface area contributed by atoms with Crippen molar-refractivity contribution in [3.05, 3.63) is 241 Å². The Labute approximate surface area is 373 Å². The molecule has 0 aromatic heterocycles. The van der Waals surface area contributed by atoms with Crippen molar-refractivity contribution in [2.24, 2.45) is 0 Å². The zero-order valence-electron chi connectivity index (χ0n) is 34.2. The molecule has 1 aliphatic carbocycles. The third-order valence-corrected chi connectivity index (χ3v) is 16.2. The van der Waals surface area contributed by atoms with E-state index in [1.165, 1.54) is 82.5 Å². The van der Waals surface area contributed by atoms with E-state index in [0.717, 1.165) is 6.42 Å². The summed E-state index contributed by atoms with van der Waals surface area (Å²) in [6.45, 7) is 0. The molecule has 4 heteroatoms. The molecule has 8 aromatic carbocycles. The molecule has 5 unspecified atom stereocenters. The number of rotatable bonds is 8. The molecule has 8 aromatic rings. The second kappa shape index (κ2) is 15.8. The summed E-state index contributed by atoms with van der Waals surface area (Å²) >= 11 is 4.18. The van der Waals surface area contributed by atoms with Crippen molar-refractivity contribution < 1.29 is 0 Å². The number of thioether (sulfide) groups is 2. The number of hydrogen-bond donors (Lipinski definition) is 0. The van der Waals surface area contributed by atoms with Crippen LogP contribution in [0.1, 0.15) is 35.2 Å². The van der Waals surface area contributed by atoms with Crippen LogP contribution >= 0.6 is 23.5 Å². The summed E-state index contributed by atoms with van der Waals surface area (Å²) in [6.07, 6.45) is 8.05. The highest BCUT2D eigenvalue weighted by molar-refractivity contribution is 8.04. The fourth-order valence-corrected chi connectivity index (χ4v) is 13.4. The van der Waals surface area contributed by atoms with E-state index in [2.05, 4.69) is 258 Å². The molecule has 3 aliphatic heterocycles. The van der Waals surface area contributed by atoms with Gasteiger partial charge in [0.05, 0.1) is 18.1 Å². The normalized spacial score (nSPS) is 20.5. The second-order valence-corrected chi connectivity index (χ2v) is 19.1. The first-order chi connectivity index (χ1) is 30.7. The zero-order chi connectivity index (χ0) is 41.0. The zero-order valence-corrected chi connectivity index (χ0v) is 35.8. The van der Waals surface area contributed by atoms with E-state index in [1.807, 2.05) is 0 Å². The molecule has 62 heavy (non-hydrogen) atoms. The van der Waals surface area contributed by atoms with Crippen LogP contribution in [0.15, 0.2) is 234 Å². The molecule has 12 rings (SSSR count). The van der Waals surface area contributed by atoms with E-state index in [4.69, 9.17) is 0 Å². The summed E-state index contributed by atoms with van der Waals surface area (Å²) in [5.41, 5.74) is 16.5. The van der Waals surface area contributed by atoms with Gasteiger partial charge in [-0.25, -0.2) is 0 Å². The summed E-state index contributed by atoms with van der Waals surface area (Å²) in [5.74, 6) is 0. The van der Waals surface area contributed by atoms with Crippen LogP contribution in [0.5, 0.6) is 0 Å². The van der Waals surface area contributed by atoms with Gasteiger partial charge in [-0.05, 0) is 111 Å². The maximum atomic E-state index is 2.76. The Morgan fingerprint density at radius 3 is 1.27 bits per heavy atom. The Hall–Kier alpha value is -6.46. The summed E-state index contributed by atoms with van der Waals surface area (Å²) in [6, 6.07) is 76.9. The molecule has 0 amide bonds. The minimum Gasteiger partial charge on any atom is -0.355 e. The predicted octanol–water partition coefficient (Wildman–Crippen LogP) is 15.5. The molecule has 298 valence electrons. The van der Waals surface area contributed by atoms with E-state index in [0.29, 0.717) is 22.6 Å². The molecule has 1 saturated heterocycles. The molecular weight excluding hydrogens is 789 g/mol. The Kier molecular flexibility index (Phi) is 9.50. The van der Waals surface area contributed by atoms with Crippen LogP contribution in [0, 0.1) is 0 Å². The Morgan fingerprint density at radius 2 is 0.806 bits per heavy atom. The van der Waals surface area contributed by atoms with Gasteiger partial charge < -0.3 is 9.80 Å². The van der Waals surface area contributed by atoms with E-state index < -0.39 is 0 Å². The molecule has 0 bridgehead atoms. The van der Waals surface area contributed by atoms with Crippen molar-refractivity contribution in [2.75, 3.05) is 9.80 Å². The first-order valence-electron chi connectivity index (χ1n) is 21.7. The van der Waals surface area contributed by atoms with Crippen LogP contribution in [-0.4, -0.2) is 16.5 Å². The van der Waals surface area contributed by atoms with Crippen molar-refractivity contribution >= 4 is 46.2 Å². The third-order valence-electron chi connectivity index (χ3n) is 13.2. The predicted molar refractivity (Wildman–Crippen MR) is 263 cm³/mol. The quantitative estimate of drug-likeness (QED) is 0.150. The van der Waals surface area contributed by atoms with Crippen molar-refractivity contribution in [1.29, 1.82) is 0 Å². The molecular formula is C58H44N2S2. The largest absolute Gasteiger partial charge is 0.355 e. The van der Waals surface area contributed by atoms with Gasteiger partial charge >= 0.3 is 0 Å². The first-order valence-corrected chi connectivity index (χ1v) is 23.5. The highest BCUT2D eigenvalue weighted by Crippen LogP contribution is 2.65. The summed E-state index contributed by atoms with van der Waals surface area (Å²) in [7, 11) is 0. The molecule has 2 nitrogen and oxygen atoms in total. The third kappa shape index (κ3) is 6.61. The number of nitrogens with zero attached hydrogens (tertiary/aromatic N) is 2. The Morgan fingerprint density at radius 1 is 0.403 bits per heavy atom. The minimum absolute atomic E-state index is 0.154. The van der Waals surface area contributed by atoms with Crippen molar-refractivity contribution in [3.8, 4) is 33.4 Å². The van der Waals surface area contributed by atoms with Crippen molar-refractivity contribution in [3.63, 3.8) is 0 Å². The lowest BCUT2D eigenvalue weighted by Gasteiger charge is -2.35. The van der Waals surface area contributed by atoms with Gasteiger partial charge in [-0.1, -0.05) is 176 Å². The molecule has 5 atom stereocenters. The topological polar surface area (TPSA) is 6.48 Å². The van der Waals surface area contributed by atoms with Gasteiger partial charge in [-0.2, -0.15) is 0 Å². The van der Waals surface area contributed by atoms with E-state index in [1.54, 1.807) is 0 Å². The maximum absolute atomic E-state index is 2.76. The van der Waals surface area contributed by atoms with E-state index >= 15 is 0 Å². The Bertz CT molecular complexity index is 2880. The summed E-state index contributed by atoms with van der Waals surface area (Å²) in [4.78, 5) is 8.16. The monoisotopic (exact) mass is 832 g/mol. The van der Waals surface area contributed by atoms with E-state index in [-0.39, 0.29) is 6.04 Å².